The van der Waals surface area contributed by atoms with Crippen molar-refractivity contribution in [2.24, 2.45) is 0 Å². The van der Waals surface area contributed by atoms with Crippen molar-refractivity contribution in [3.05, 3.63) is 47.7 Å². The summed E-state index contributed by atoms with van der Waals surface area (Å²) in [4.78, 5) is 13.1. The zero-order valence-electron chi connectivity index (χ0n) is 10.8. The van der Waals surface area contributed by atoms with Crippen LogP contribution in [0.1, 0.15) is 30.8 Å². The van der Waals surface area contributed by atoms with Crippen molar-refractivity contribution >= 4 is 5.82 Å². The third-order valence-corrected chi connectivity index (χ3v) is 2.70. The molecule has 0 aliphatic carbocycles. The Kier molecular flexibility index (Phi) is 4.23. The van der Waals surface area contributed by atoms with E-state index in [-0.39, 0.29) is 0 Å². The summed E-state index contributed by atoms with van der Waals surface area (Å²) in [5, 5.41) is 3.16. The van der Waals surface area contributed by atoms with Crippen molar-refractivity contribution in [3.63, 3.8) is 0 Å². The molecule has 0 fully saturated rings. The number of hydrogen-bond acceptors (Lipinski definition) is 4. The highest BCUT2D eigenvalue weighted by Crippen LogP contribution is 2.08. The number of hydrogen-bond donors (Lipinski definition) is 1. The second-order valence-electron chi connectivity index (χ2n) is 4.11. The van der Waals surface area contributed by atoms with Crippen molar-refractivity contribution in [3.8, 4) is 0 Å². The van der Waals surface area contributed by atoms with Gasteiger partial charge in [0.1, 0.15) is 5.82 Å². The highest BCUT2D eigenvalue weighted by molar-refractivity contribution is 5.32. The van der Waals surface area contributed by atoms with Crippen molar-refractivity contribution in [1.82, 2.24) is 15.0 Å². The molecule has 2 aromatic heterocycles. The van der Waals surface area contributed by atoms with E-state index in [0.717, 1.165) is 36.6 Å². The standard InChI is InChI=1S/C14H18N4/c1-3-11-5-6-12(17-8-11)7-13-9-15-10-14(18-13)16-4-2/h5-6,8-10H,3-4,7H2,1-2H3,(H,16,18). The zero-order chi connectivity index (χ0) is 12.8. The van der Waals surface area contributed by atoms with Crippen LogP contribution in [0.25, 0.3) is 0 Å². The highest BCUT2D eigenvalue weighted by Gasteiger charge is 2.01. The maximum Gasteiger partial charge on any atom is 0.144 e. The van der Waals surface area contributed by atoms with Crippen molar-refractivity contribution < 1.29 is 0 Å². The number of nitrogens with one attached hydrogen (secondary N) is 1. The molecule has 0 unspecified atom stereocenters. The largest absolute Gasteiger partial charge is 0.369 e. The number of aryl methyl sites for hydroxylation is 1. The van der Waals surface area contributed by atoms with Crippen LogP contribution in [0.5, 0.6) is 0 Å². The maximum atomic E-state index is 4.49. The molecule has 4 nitrogen and oxygen atoms in total. The molecule has 18 heavy (non-hydrogen) atoms. The number of anilines is 1. The van der Waals surface area contributed by atoms with Crippen molar-refractivity contribution in [2.45, 2.75) is 26.7 Å². The van der Waals surface area contributed by atoms with Gasteiger partial charge in [0.2, 0.25) is 0 Å². The van der Waals surface area contributed by atoms with Gasteiger partial charge in [0.05, 0.1) is 11.9 Å². The minimum absolute atomic E-state index is 0.718. The molecule has 0 aliphatic heterocycles. The second-order valence-corrected chi connectivity index (χ2v) is 4.11. The predicted molar refractivity (Wildman–Crippen MR) is 72.6 cm³/mol. The SMILES string of the molecule is CCNc1cncc(Cc2ccc(CC)cn2)n1. The van der Waals surface area contributed by atoms with E-state index in [0.29, 0.717) is 0 Å². The lowest BCUT2D eigenvalue weighted by atomic mass is 10.1. The van der Waals surface area contributed by atoms with Gasteiger partial charge in [-0.3, -0.25) is 9.97 Å². The predicted octanol–water partition coefficient (Wildman–Crippen LogP) is 2.46. The molecule has 2 heterocycles. The molecule has 0 radical (unpaired) electrons. The Balaban J connectivity index is 2.09. The van der Waals surface area contributed by atoms with E-state index in [1.165, 1.54) is 5.56 Å². The van der Waals surface area contributed by atoms with Gasteiger partial charge in [0.15, 0.2) is 0 Å². The summed E-state index contributed by atoms with van der Waals surface area (Å²) < 4.78 is 0. The monoisotopic (exact) mass is 242 g/mol. The van der Waals surface area contributed by atoms with Crippen LogP contribution < -0.4 is 5.32 Å². The molecule has 2 rings (SSSR count). The number of rotatable bonds is 5. The molecule has 0 aliphatic rings. The van der Waals surface area contributed by atoms with E-state index >= 15 is 0 Å². The van der Waals surface area contributed by atoms with Crippen molar-refractivity contribution in [2.75, 3.05) is 11.9 Å². The van der Waals surface area contributed by atoms with Gasteiger partial charge in [0, 0.05) is 31.1 Å². The summed E-state index contributed by atoms with van der Waals surface area (Å²) in [5.41, 5.74) is 3.21. The first-order valence-corrected chi connectivity index (χ1v) is 6.30. The molecule has 0 saturated carbocycles. The Labute approximate surface area is 108 Å². The molecule has 1 N–H and O–H groups in total. The van der Waals surface area contributed by atoms with Gasteiger partial charge in [0.25, 0.3) is 0 Å². The van der Waals surface area contributed by atoms with Crippen LogP contribution in [0, 0.1) is 0 Å². The number of aromatic nitrogens is 3. The zero-order valence-corrected chi connectivity index (χ0v) is 10.8. The maximum absolute atomic E-state index is 4.49. The normalized spacial score (nSPS) is 10.3. The molecule has 0 spiro atoms. The van der Waals surface area contributed by atoms with Crippen LogP contribution in [-0.2, 0) is 12.8 Å². The third-order valence-electron chi connectivity index (χ3n) is 2.70. The summed E-state index contributed by atoms with van der Waals surface area (Å²) in [6.45, 7) is 5.02. The van der Waals surface area contributed by atoms with E-state index in [2.05, 4.69) is 39.3 Å². The quantitative estimate of drug-likeness (QED) is 0.875. The summed E-state index contributed by atoms with van der Waals surface area (Å²) in [6.07, 6.45) is 7.19. The van der Waals surface area contributed by atoms with Crippen LogP contribution in [-0.4, -0.2) is 21.5 Å². The van der Waals surface area contributed by atoms with Crippen LogP contribution >= 0.6 is 0 Å². The minimum Gasteiger partial charge on any atom is -0.369 e. The molecule has 2 aromatic rings. The Morgan fingerprint density at radius 2 is 1.94 bits per heavy atom. The van der Waals surface area contributed by atoms with Crippen molar-refractivity contribution in [1.29, 1.82) is 0 Å². The first kappa shape index (κ1) is 12.5. The molecule has 0 aromatic carbocycles. The lowest BCUT2D eigenvalue weighted by molar-refractivity contribution is 0.968. The van der Waals surface area contributed by atoms with Gasteiger partial charge >= 0.3 is 0 Å². The minimum atomic E-state index is 0.718. The molecule has 0 bridgehead atoms. The fraction of sp³-hybridized carbons (Fsp3) is 0.357. The van der Waals surface area contributed by atoms with E-state index in [4.69, 9.17) is 0 Å². The molecular formula is C14H18N4. The summed E-state index contributed by atoms with van der Waals surface area (Å²) in [5.74, 6) is 0.820. The molecule has 94 valence electrons. The fourth-order valence-electron chi connectivity index (χ4n) is 1.71. The van der Waals surface area contributed by atoms with Gasteiger partial charge in [-0.1, -0.05) is 13.0 Å². The van der Waals surface area contributed by atoms with E-state index in [9.17, 15) is 0 Å². The summed E-state index contributed by atoms with van der Waals surface area (Å²) in [6, 6.07) is 4.17. The lowest BCUT2D eigenvalue weighted by Gasteiger charge is -2.05. The Morgan fingerprint density at radius 1 is 1.06 bits per heavy atom. The van der Waals surface area contributed by atoms with Gasteiger partial charge in [-0.15, -0.1) is 0 Å². The topological polar surface area (TPSA) is 50.7 Å². The first-order chi connectivity index (χ1) is 8.81. The van der Waals surface area contributed by atoms with Crippen LogP contribution in [0.2, 0.25) is 0 Å². The fourth-order valence-corrected chi connectivity index (χ4v) is 1.71. The second kappa shape index (κ2) is 6.10. The number of nitrogens with zero attached hydrogens (tertiary/aromatic N) is 3. The molecule has 4 heteroatoms. The molecular weight excluding hydrogens is 224 g/mol. The average molecular weight is 242 g/mol. The third kappa shape index (κ3) is 3.26. The summed E-state index contributed by atoms with van der Waals surface area (Å²) >= 11 is 0. The Hall–Kier alpha value is -1.97. The van der Waals surface area contributed by atoms with Crippen LogP contribution in [0.3, 0.4) is 0 Å². The summed E-state index contributed by atoms with van der Waals surface area (Å²) in [7, 11) is 0. The molecule has 0 saturated heterocycles. The van der Waals surface area contributed by atoms with E-state index in [1.807, 2.05) is 13.1 Å². The Bertz CT molecular complexity index is 493. The number of pyridine rings is 1. The van der Waals surface area contributed by atoms with Gasteiger partial charge in [-0.05, 0) is 25.0 Å². The average Bonchev–Trinajstić information content (AvgIpc) is 2.40. The molecule has 0 atom stereocenters. The highest BCUT2D eigenvalue weighted by atomic mass is 15.0. The molecule has 0 amide bonds. The first-order valence-electron chi connectivity index (χ1n) is 6.30. The van der Waals surface area contributed by atoms with Crippen LogP contribution in [0.15, 0.2) is 30.7 Å². The smallest absolute Gasteiger partial charge is 0.144 e. The van der Waals surface area contributed by atoms with Crippen LogP contribution in [0.4, 0.5) is 5.82 Å². The van der Waals surface area contributed by atoms with Gasteiger partial charge in [-0.2, -0.15) is 0 Å². The van der Waals surface area contributed by atoms with Gasteiger partial charge < -0.3 is 5.32 Å². The van der Waals surface area contributed by atoms with E-state index in [1.54, 1.807) is 12.4 Å². The Morgan fingerprint density at radius 3 is 2.61 bits per heavy atom. The van der Waals surface area contributed by atoms with E-state index < -0.39 is 0 Å². The lowest BCUT2D eigenvalue weighted by Crippen LogP contribution is -2.03. The van der Waals surface area contributed by atoms with Gasteiger partial charge in [-0.25, -0.2) is 4.98 Å².